The minimum absolute atomic E-state index is 0.290. The maximum Gasteiger partial charge on any atom is 0.147 e. The number of hydrogen-bond acceptors (Lipinski definition) is 4. The van der Waals surface area contributed by atoms with E-state index in [9.17, 15) is 0 Å². The highest BCUT2D eigenvalue weighted by molar-refractivity contribution is 5.60. The molecule has 4 nitrogen and oxygen atoms in total. The third kappa shape index (κ3) is 2.76. The quantitative estimate of drug-likeness (QED) is 0.897. The zero-order chi connectivity index (χ0) is 13.1. The first kappa shape index (κ1) is 12.9. The molecule has 0 radical (unpaired) electrons. The van der Waals surface area contributed by atoms with Gasteiger partial charge in [0.15, 0.2) is 0 Å². The van der Waals surface area contributed by atoms with Gasteiger partial charge in [0, 0.05) is 24.7 Å². The zero-order valence-corrected chi connectivity index (χ0v) is 11.3. The predicted molar refractivity (Wildman–Crippen MR) is 75.4 cm³/mol. The maximum atomic E-state index is 5.74. The molecule has 0 saturated carbocycles. The third-order valence-electron chi connectivity index (χ3n) is 4.07. The van der Waals surface area contributed by atoms with E-state index in [2.05, 4.69) is 29.2 Å². The molecular weight excluding hydrogens is 240 g/mol. The zero-order valence-electron chi connectivity index (χ0n) is 11.3. The number of anilines is 1. The lowest BCUT2D eigenvalue weighted by atomic mass is 9.98. The first-order chi connectivity index (χ1) is 9.38. The van der Waals surface area contributed by atoms with E-state index < -0.39 is 0 Å². The van der Waals surface area contributed by atoms with Crippen molar-refractivity contribution in [2.75, 3.05) is 37.9 Å². The van der Waals surface area contributed by atoms with Crippen LogP contribution < -0.4 is 10.6 Å². The second kappa shape index (κ2) is 5.90. The summed E-state index contributed by atoms with van der Waals surface area (Å²) in [4.78, 5) is 2.45. The molecule has 2 heterocycles. The first-order valence-corrected chi connectivity index (χ1v) is 7.12. The van der Waals surface area contributed by atoms with E-state index in [1.54, 1.807) is 0 Å². The van der Waals surface area contributed by atoms with E-state index >= 15 is 0 Å². The fraction of sp³-hybridized carbons (Fsp3) is 0.600. The lowest BCUT2D eigenvalue weighted by Gasteiger charge is -2.29. The summed E-state index contributed by atoms with van der Waals surface area (Å²) in [7, 11) is 0. The monoisotopic (exact) mass is 262 g/mol. The fourth-order valence-corrected chi connectivity index (χ4v) is 3.10. The average Bonchev–Trinajstić information content (AvgIpc) is 2.79. The average molecular weight is 262 g/mol. The Hall–Kier alpha value is -1.10. The minimum atomic E-state index is 0.290. The van der Waals surface area contributed by atoms with E-state index in [1.807, 2.05) is 0 Å². The number of nitrogens with zero attached hydrogens (tertiary/aromatic N) is 1. The van der Waals surface area contributed by atoms with Crippen LogP contribution >= 0.6 is 0 Å². The smallest absolute Gasteiger partial charge is 0.147 e. The molecule has 1 aromatic carbocycles. The summed E-state index contributed by atoms with van der Waals surface area (Å²) in [5.74, 6) is 0.570. The van der Waals surface area contributed by atoms with Crippen LogP contribution in [0.4, 0.5) is 5.69 Å². The molecule has 1 saturated heterocycles. The predicted octanol–water partition coefficient (Wildman–Crippen LogP) is 1.70. The third-order valence-corrected chi connectivity index (χ3v) is 4.07. The normalized spacial score (nSPS) is 26.5. The van der Waals surface area contributed by atoms with Crippen LogP contribution in [0.1, 0.15) is 24.3 Å². The number of ether oxygens (including phenoxy) is 2. The van der Waals surface area contributed by atoms with Crippen molar-refractivity contribution in [3.05, 3.63) is 29.8 Å². The summed E-state index contributed by atoms with van der Waals surface area (Å²) in [6.45, 7) is 4.03. The van der Waals surface area contributed by atoms with Gasteiger partial charge >= 0.3 is 0 Å². The van der Waals surface area contributed by atoms with Crippen LogP contribution in [0, 0.1) is 0 Å². The van der Waals surface area contributed by atoms with Crippen molar-refractivity contribution < 1.29 is 9.47 Å². The van der Waals surface area contributed by atoms with E-state index in [1.165, 1.54) is 11.3 Å². The molecular formula is C15H22N2O2. The molecule has 104 valence electrons. The van der Waals surface area contributed by atoms with E-state index in [0.717, 1.165) is 39.1 Å². The Morgan fingerprint density at radius 2 is 2.21 bits per heavy atom. The molecule has 0 aromatic heterocycles. The van der Waals surface area contributed by atoms with Crippen molar-refractivity contribution in [2.45, 2.75) is 24.9 Å². The molecule has 0 amide bonds. The Morgan fingerprint density at radius 3 is 3.00 bits per heavy atom. The Balaban J connectivity index is 1.72. The van der Waals surface area contributed by atoms with Gasteiger partial charge in [0.1, 0.15) is 6.79 Å². The number of benzene rings is 1. The van der Waals surface area contributed by atoms with Crippen molar-refractivity contribution in [3.8, 4) is 0 Å². The molecule has 4 heteroatoms. The Bertz CT molecular complexity index is 418. The molecule has 2 atom stereocenters. The highest BCUT2D eigenvalue weighted by Crippen LogP contribution is 2.37. The molecule has 1 aromatic rings. The van der Waals surface area contributed by atoms with Crippen molar-refractivity contribution in [3.63, 3.8) is 0 Å². The van der Waals surface area contributed by atoms with Gasteiger partial charge in [-0.3, -0.25) is 0 Å². The molecule has 1 fully saturated rings. The van der Waals surface area contributed by atoms with Crippen molar-refractivity contribution in [2.24, 2.45) is 5.73 Å². The van der Waals surface area contributed by atoms with Crippen molar-refractivity contribution in [1.29, 1.82) is 0 Å². The van der Waals surface area contributed by atoms with Crippen LogP contribution in [0.25, 0.3) is 0 Å². The summed E-state index contributed by atoms with van der Waals surface area (Å²) in [6.07, 6.45) is 2.33. The van der Waals surface area contributed by atoms with E-state index in [-0.39, 0.29) is 0 Å². The van der Waals surface area contributed by atoms with Gasteiger partial charge in [0.2, 0.25) is 0 Å². The second-order valence-electron chi connectivity index (χ2n) is 5.34. The molecule has 3 rings (SSSR count). The lowest BCUT2D eigenvalue weighted by Crippen LogP contribution is -2.37. The molecule has 2 unspecified atom stereocenters. The van der Waals surface area contributed by atoms with Crippen LogP contribution in [0.3, 0.4) is 0 Å². The molecule has 2 N–H and O–H groups in total. The highest BCUT2D eigenvalue weighted by Gasteiger charge is 2.29. The van der Waals surface area contributed by atoms with Gasteiger partial charge in [-0.15, -0.1) is 0 Å². The molecule has 2 aliphatic rings. The van der Waals surface area contributed by atoms with Gasteiger partial charge in [-0.1, -0.05) is 18.2 Å². The summed E-state index contributed by atoms with van der Waals surface area (Å²) >= 11 is 0. The topological polar surface area (TPSA) is 47.7 Å². The molecule has 0 spiro atoms. The SMILES string of the molecule is NCCC1CN(CC2CCOCO2)c2ccccc21. The van der Waals surface area contributed by atoms with E-state index in [0.29, 0.717) is 18.8 Å². The molecule has 0 aliphatic carbocycles. The minimum Gasteiger partial charge on any atom is -0.368 e. The van der Waals surface area contributed by atoms with Crippen molar-refractivity contribution in [1.82, 2.24) is 0 Å². The Labute approximate surface area is 114 Å². The van der Waals surface area contributed by atoms with Gasteiger partial charge < -0.3 is 20.1 Å². The number of nitrogens with two attached hydrogens (primary N) is 1. The van der Waals surface area contributed by atoms with Gasteiger partial charge in [-0.2, -0.15) is 0 Å². The Morgan fingerprint density at radius 1 is 1.32 bits per heavy atom. The number of fused-ring (bicyclic) bond motifs is 1. The van der Waals surface area contributed by atoms with Gasteiger partial charge in [0.25, 0.3) is 0 Å². The molecule has 19 heavy (non-hydrogen) atoms. The summed E-state index contributed by atoms with van der Waals surface area (Å²) in [6, 6.07) is 8.68. The van der Waals surface area contributed by atoms with Crippen LogP contribution in [0.5, 0.6) is 0 Å². The van der Waals surface area contributed by atoms with Gasteiger partial charge in [-0.05, 0) is 31.0 Å². The lowest BCUT2D eigenvalue weighted by molar-refractivity contribution is -0.135. The van der Waals surface area contributed by atoms with Crippen molar-refractivity contribution >= 4 is 5.69 Å². The maximum absolute atomic E-state index is 5.74. The fourth-order valence-electron chi connectivity index (χ4n) is 3.10. The Kier molecular flexibility index (Phi) is 4.01. The first-order valence-electron chi connectivity index (χ1n) is 7.12. The highest BCUT2D eigenvalue weighted by atomic mass is 16.7. The standard InChI is InChI=1S/C15H22N2O2/c16-7-5-12-9-17(10-13-6-8-18-11-19-13)15-4-2-1-3-14(12)15/h1-4,12-13H,5-11,16H2. The summed E-state index contributed by atoms with van der Waals surface area (Å²) in [5.41, 5.74) is 8.54. The van der Waals surface area contributed by atoms with E-state index in [4.69, 9.17) is 15.2 Å². The van der Waals surface area contributed by atoms with Crippen LogP contribution in [0.15, 0.2) is 24.3 Å². The second-order valence-corrected chi connectivity index (χ2v) is 5.34. The van der Waals surface area contributed by atoms with Crippen LogP contribution in [-0.4, -0.2) is 39.1 Å². The van der Waals surface area contributed by atoms with Crippen LogP contribution in [0.2, 0.25) is 0 Å². The van der Waals surface area contributed by atoms with Gasteiger partial charge in [0.05, 0.1) is 12.7 Å². The van der Waals surface area contributed by atoms with Gasteiger partial charge in [-0.25, -0.2) is 0 Å². The number of hydrogen-bond donors (Lipinski definition) is 1. The summed E-state index contributed by atoms with van der Waals surface area (Å²) < 4.78 is 10.9. The number of para-hydroxylation sites is 1. The molecule has 2 aliphatic heterocycles. The largest absolute Gasteiger partial charge is 0.368 e. The molecule has 0 bridgehead atoms. The number of rotatable bonds is 4. The van der Waals surface area contributed by atoms with Crippen LogP contribution in [-0.2, 0) is 9.47 Å². The summed E-state index contributed by atoms with van der Waals surface area (Å²) in [5, 5.41) is 0.